The molecule has 1 aliphatic heterocycles. The van der Waals surface area contributed by atoms with Gasteiger partial charge in [0.15, 0.2) is 0 Å². The molecule has 8 nitrogen and oxygen atoms in total. The second kappa shape index (κ2) is 10.3. The average Bonchev–Trinajstić information content (AvgIpc) is 2.81. The second-order valence-electron chi connectivity index (χ2n) is 7.17. The third kappa shape index (κ3) is 5.03. The number of sulfonamides is 1. The molecule has 3 rings (SSSR count). The fourth-order valence-corrected chi connectivity index (χ4v) is 4.98. The molecular formula is C22H28FN3O5S. The Morgan fingerprint density at radius 1 is 1.16 bits per heavy atom. The van der Waals surface area contributed by atoms with Gasteiger partial charge < -0.3 is 19.7 Å². The van der Waals surface area contributed by atoms with Crippen LogP contribution in [0.4, 0.5) is 15.8 Å². The van der Waals surface area contributed by atoms with E-state index in [1.165, 1.54) is 35.7 Å². The summed E-state index contributed by atoms with van der Waals surface area (Å²) in [6, 6.07) is 8.57. The second-order valence-corrected chi connectivity index (χ2v) is 9.11. The van der Waals surface area contributed by atoms with Crippen LogP contribution in [0.2, 0.25) is 0 Å². The maximum Gasteiger partial charge on any atom is 0.258 e. The maximum absolute atomic E-state index is 14.4. The fraction of sp³-hybridized carbons (Fsp3) is 0.409. The Balaban J connectivity index is 1.99. The fourth-order valence-electron chi connectivity index (χ4n) is 3.55. The van der Waals surface area contributed by atoms with Crippen molar-refractivity contribution in [2.24, 2.45) is 0 Å². The van der Waals surface area contributed by atoms with E-state index in [0.29, 0.717) is 43.4 Å². The summed E-state index contributed by atoms with van der Waals surface area (Å²) < 4.78 is 52.2. The van der Waals surface area contributed by atoms with E-state index < -0.39 is 21.7 Å². The molecule has 0 radical (unpaired) electrons. The highest BCUT2D eigenvalue weighted by molar-refractivity contribution is 7.89. The maximum atomic E-state index is 14.4. The average molecular weight is 466 g/mol. The monoisotopic (exact) mass is 465 g/mol. The van der Waals surface area contributed by atoms with Gasteiger partial charge in [-0.2, -0.15) is 4.31 Å². The minimum absolute atomic E-state index is 0.0563. The van der Waals surface area contributed by atoms with E-state index in [1.807, 2.05) is 18.7 Å². The molecule has 1 aliphatic rings. The Hall–Kier alpha value is -2.69. The largest absolute Gasteiger partial charge is 0.497 e. The summed E-state index contributed by atoms with van der Waals surface area (Å²) in [4.78, 5) is 14.9. The van der Waals surface area contributed by atoms with E-state index in [-0.39, 0.29) is 23.5 Å². The number of morpholine rings is 1. The number of nitrogens with one attached hydrogen (secondary N) is 1. The molecule has 1 N–H and O–H groups in total. The van der Waals surface area contributed by atoms with Gasteiger partial charge in [0.05, 0.1) is 42.2 Å². The molecule has 1 saturated heterocycles. The number of ether oxygens (including phenoxy) is 2. The van der Waals surface area contributed by atoms with Crippen LogP contribution >= 0.6 is 0 Å². The Morgan fingerprint density at radius 3 is 2.44 bits per heavy atom. The van der Waals surface area contributed by atoms with Crippen LogP contribution in [0.5, 0.6) is 5.75 Å². The van der Waals surface area contributed by atoms with Crippen LogP contribution < -0.4 is 15.0 Å². The highest BCUT2D eigenvalue weighted by atomic mass is 32.2. The molecule has 0 aromatic heterocycles. The predicted octanol–water partition coefficient (Wildman–Crippen LogP) is 2.95. The Kier molecular flexibility index (Phi) is 7.70. The summed E-state index contributed by atoms with van der Waals surface area (Å²) in [6.07, 6.45) is 0. The van der Waals surface area contributed by atoms with Crippen molar-refractivity contribution in [3.05, 3.63) is 47.8 Å². The Morgan fingerprint density at radius 2 is 1.84 bits per heavy atom. The first-order valence-corrected chi connectivity index (χ1v) is 11.9. The standard InChI is InChI=1S/C22H28FN3O5S/c1-4-25(5-2)21-9-7-17(32(28,29)26-10-12-31-13-11-26)15-20(21)24-22(27)18-8-6-16(30-3)14-19(18)23/h6-9,14-15H,4-5,10-13H2,1-3H3,(H,24,27). The number of methoxy groups -OCH3 is 1. The van der Waals surface area contributed by atoms with Crippen molar-refractivity contribution >= 4 is 27.3 Å². The number of hydrogen-bond donors (Lipinski definition) is 1. The molecule has 0 unspecified atom stereocenters. The van der Waals surface area contributed by atoms with Crippen LogP contribution in [0, 0.1) is 5.82 Å². The number of rotatable bonds is 8. The molecule has 1 fully saturated rings. The first-order chi connectivity index (χ1) is 15.3. The van der Waals surface area contributed by atoms with E-state index in [0.717, 1.165) is 6.07 Å². The SMILES string of the molecule is CCN(CC)c1ccc(S(=O)(=O)N2CCOCC2)cc1NC(=O)c1ccc(OC)cc1F. The van der Waals surface area contributed by atoms with E-state index in [4.69, 9.17) is 9.47 Å². The lowest BCUT2D eigenvalue weighted by molar-refractivity contribution is 0.0730. The summed E-state index contributed by atoms with van der Waals surface area (Å²) >= 11 is 0. The lowest BCUT2D eigenvalue weighted by Gasteiger charge is -2.28. The quantitative estimate of drug-likeness (QED) is 0.645. The van der Waals surface area contributed by atoms with E-state index in [1.54, 1.807) is 6.07 Å². The van der Waals surface area contributed by atoms with Gasteiger partial charge in [-0.3, -0.25) is 4.79 Å². The molecule has 1 amide bonds. The molecule has 10 heteroatoms. The lowest BCUT2D eigenvalue weighted by atomic mass is 10.1. The van der Waals surface area contributed by atoms with Gasteiger partial charge in [-0.25, -0.2) is 12.8 Å². The summed E-state index contributed by atoms with van der Waals surface area (Å²) in [5.41, 5.74) is 0.777. The number of halogens is 1. The number of nitrogens with zero attached hydrogens (tertiary/aromatic N) is 2. The van der Waals surface area contributed by atoms with Crippen molar-refractivity contribution in [2.45, 2.75) is 18.7 Å². The minimum atomic E-state index is -3.77. The van der Waals surface area contributed by atoms with Crippen LogP contribution in [0.3, 0.4) is 0 Å². The topological polar surface area (TPSA) is 88.2 Å². The van der Waals surface area contributed by atoms with E-state index in [9.17, 15) is 17.6 Å². The third-order valence-corrected chi connectivity index (χ3v) is 7.24. The van der Waals surface area contributed by atoms with Gasteiger partial charge in [-0.05, 0) is 44.2 Å². The lowest BCUT2D eigenvalue weighted by Crippen LogP contribution is -2.40. The van der Waals surface area contributed by atoms with Gasteiger partial charge >= 0.3 is 0 Å². The van der Waals surface area contributed by atoms with Gasteiger partial charge in [0, 0.05) is 32.2 Å². The molecular weight excluding hydrogens is 437 g/mol. The van der Waals surface area contributed by atoms with Gasteiger partial charge in [0.25, 0.3) is 5.91 Å². The number of carbonyl (C=O) groups excluding carboxylic acids is 1. The van der Waals surface area contributed by atoms with Crippen LogP contribution in [-0.4, -0.2) is 65.1 Å². The highest BCUT2D eigenvalue weighted by Crippen LogP contribution is 2.31. The third-order valence-electron chi connectivity index (χ3n) is 5.35. The summed E-state index contributed by atoms with van der Waals surface area (Å²) in [5, 5.41) is 2.70. The van der Waals surface area contributed by atoms with Crippen molar-refractivity contribution in [1.29, 1.82) is 0 Å². The van der Waals surface area contributed by atoms with Crippen LogP contribution in [0.1, 0.15) is 24.2 Å². The van der Waals surface area contributed by atoms with Gasteiger partial charge in [0.2, 0.25) is 10.0 Å². The molecule has 0 aliphatic carbocycles. The van der Waals surface area contributed by atoms with Gasteiger partial charge in [-0.15, -0.1) is 0 Å². The summed E-state index contributed by atoms with van der Waals surface area (Å²) in [5.74, 6) is -1.12. The molecule has 174 valence electrons. The molecule has 2 aromatic rings. The van der Waals surface area contributed by atoms with Gasteiger partial charge in [-0.1, -0.05) is 0 Å². The van der Waals surface area contributed by atoms with Crippen molar-refractivity contribution in [3.63, 3.8) is 0 Å². The molecule has 0 saturated carbocycles. The Bertz CT molecular complexity index is 1070. The molecule has 2 aromatic carbocycles. The molecule has 0 spiro atoms. The van der Waals surface area contributed by atoms with Crippen LogP contribution in [0.25, 0.3) is 0 Å². The number of hydrogen-bond acceptors (Lipinski definition) is 6. The van der Waals surface area contributed by atoms with E-state index >= 15 is 0 Å². The first-order valence-electron chi connectivity index (χ1n) is 10.4. The normalized spacial score (nSPS) is 14.8. The summed E-state index contributed by atoms with van der Waals surface area (Å²) in [7, 11) is -2.36. The van der Waals surface area contributed by atoms with Crippen LogP contribution in [0.15, 0.2) is 41.3 Å². The van der Waals surface area contributed by atoms with Crippen molar-refractivity contribution < 1.29 is 27.1 Å². The summed E-state index contributed by atoms with van der Waals surface area (Å²) in [6.45, 7) is 6.39. The van der Waals surface area contributed by atoms with Crippen LogP contribution in [-0.2, 0) is 14.8 Å². The highest BCUT2D eigenvalue weighted by Gasteiger charge is 2.28. The van der Waals surface area contributed by atoms with E-state index in [2.05, 4.69) is 5.32 Å². The zero-order valence-corrected chi connectivity index (χ0v) is 19.2. The predicted molar refractivity (Wildman–Crippen MR) is 120 cm³/mol. The molecule has 32 heavy (non-hydrogen) atoms. The number of carbonyl (C=O) groups is 1. The van der Waals surface area contributed by atoms with Gasteiger partial charge in [0.1, 0.15) is 11.6 Å². The molecule has 1 heterocycles. The zero-order chi connectivity index (χ0) is 23.3. The van der Waals surface area contributed by atoms with Crippen molar-refractivity contribution in [3.8, 4) is 5.75 Å². The number of anilines is 2. The number of benzene rings is 2. The minimum Gasteiger partial charge on any atom is -0.497 e. The van der Waals surface area contributed by atoms with Crippen molar-refractivity contribution in [2.75, 3.05) is 56.7 Å². The molecule has 0 atom stereocenters. The Labute approximate surface area is 188 Å². The number of amides is 1. The first kappa shape index (κ1) is 24.0. The van der Waals surface area contributed by atoms with Crippen molar-refractivity contribution in [1.82, 2.24) is 4.31 Å². The molecule has 0 bridgehead atoms. The smallest absolute Gasteiger partial charge is 0.258 e. The zero-order valence-electron chi connectivity index (χ0n) is 18.4.